The number of pyridine rings is 1. The summed E-state index contributed by atoms with van der Waals surface area (Å²) < 4.78 is 43.7. The summed E-state index contributed by atoms with van der Waals surface area (Å²) in [4.78, 5) is 27.2. The lowest BCUT2D eigenvalue weighted by Gasteiger charge is -2.47. The van der Waals surface area contributed by atoms with E-state index >= 15 is 0 Å². The van der Waals surface area contributed by atoms with Gasteiger partial charge in [-0.15, -0.1) is 11.8 Å². The van der Waals surface area contributed by atoms with Crippen molar-refractivity contribution in [2.75, 3.05) is 25.4 Å². The zero-order chi connectivity index (χ0) is 22.5. The smallest absolute Gasteiger partial charge is 0.488 e. The van der Waals surface area contributed by atoms with Crippen LogP contribution >= 0.6 is 11.8 Å². The number of halogens is 3. The molecule has 172 valence electrons. The Morgan fingerprint density at radius 1 is 1.26 bits per heavy atom. The third kappa shape index (κ3) is 6.73. The summed E-state index contributed by atoms with van der Waals surface area (Å²) in [6, 6.07) is 3.83. The van der Waals surface area contributed by atoms with Gasteiger partial charge in [-0.2, -0.15) is 13.2 Å². The minimum Gasteiger partial charge on any atom is -0.488 e. The Bertz CT molecular complexity index is 753. The number of likely N-dealkylation sites (tertiary alicyclic amines) is 1. The molecule has 3 aliphatic rings. The molecule has 1 atom stereocenters. The third-order valence-electron chi connectivity index (χ3n) is 5.41. The van der Waals surface area contributed by atoms with Crippen molar-refractivity contribution in [3.05, 3.63) is 24.5 Å². The van der Waals surface area contributed by atoms with E-state index in [0.717, 1.165) is 43.9 Å². The van der Waals surface area contributed by atoms with Gasteiger partial charge in [-0.25, -0.2) is 4.79 Å². The number of thioether (sulfide) groups is 1. The summed E-state index contributed by atoms with van der Waals surface area (Å²) in [6.07, 6.45) is 4.64. The first-order valence-electron chi connectivity index (χ1n) is 10.1. The first-order chi connectivity index (χ1) is 14.7. The Kier molecular flexibility index (Phi) is 7.68. The van der Waals surface area contributed by atoms with Gasteiger partial charge >= 0.3 is 12.1 Å². The summed E-state index contributed by atoms with van der Waals surface area (Å²) in [5.74, 6) is -0.801. The minimum absolute atomic E-state index is 0.143. The van der Waals surface area contributed by atoms with Crippen LogP contribution in [0.4, 0.5) is 13.2 Å². The number of rotatable bonds is 5. The highest BCUT2D eigenvalue weighted by Gasteiger charge is 2.51. The summed E-state index contributed by atoms with van der Waals surface area (Å²) >= 11 is 1.94. The Morgan fingerprint density at radius 3 is 2.52 bits per heavy atom. The van der Waals surface area contributed by atoms with Crippen molar-refractivity contribution in [1.29, 1.82) is 0 Å². The van der Waals surface area contributed by atoms with Crippen LogP contribution in [-0.2, 0) is 14.3 Å². The average molecular weight is 462 g/mol. The largest absolute Gasteiger partial charge is 0.490 e. The van der Waals surface area contributed by atoms with Crippen LogP contribution in [0, 0.1) is 0 Å². The summed E-state index contributed by atoms with van der Waals surface area (Å²) in [5.41, 5.74) is 0. The molecule has 1 amide bonds. The van der Waals surface area contributed by atoms with E-state index in [-0.39, 0.29) is 23.4 Å². The lowest BCUT2D eigenvalue weighted by Crippen LogP contribution is -2.61. The van der Waals surface area contributed by atoms with Gasteiger partial charge in [0.15, 0.2) is 0 Å². The van der Waals surface area contributed by atoms with Crippen LogP contribution in [0.2, 0.25) is 0 Å². The molecule has 1 N–H and O–H groups in total. The maximum absolute atomic E-state index is 12.2. The molecule has 1 saturated carbocycles. The number of hydrogen-bond acceptors (Lipinski definition) is 6. The number of carbonyl (C=O) groups is 2. The van der Waals surface area contributed by atoms with E-state index in [2.05, 4.69) is 4.98 Å². The molecule has 2 saturated heterocycles. The highest BCUT2D eigenvalue weighted by molar-refractivity contribution is 8.01. The molecule has 1 aliphatic carbocycles. The molecule has 1 unspecified atom stereocenters. The number of nitrogens with zero attached hydrogens (tertiary/aromatic N) is 2. The van der Waals surface area contributed by atoms with Crippen LogP contribution in [0.3, 0.4) is 0 Å². The fourth-order valence-electron chi connectivity index (χ4n) is 3.87. The monoisotopic (exact) mass is 462 g/mol. The van der Waals surface area contributed by atoms with Crippen LogP contribution in [-0.4, -0.2) is 75.4 Å². The van der Waals surface area contributed by atoms with E-state index in [1.54, 1.807) is 12.4 Å². The predicted molar refractivity (Wildman–Crippen MR) is 107 cm³/mol. The number of alkyl halides is 3. The fraction of sp³-hybridized carbons (Fsp3) is 0.650. The van der Waals surface area contributed by atoms with Gasteiger partial charge in [-0.3, -0.25) is 9.78 Å². The minimum atomic E-state index is -5.08. The van der Waals surface area contributed by atoms with Gasteiger partial charge < -0.3 is 19.5 Å². The number of carboxylic acid groups (broad SMARTS) is 1. The molecular formula is C20H25F3N2O5S. The van der Waals surface area contributed by atoms with Gasteiger partial charge in [0.1, 0.15) is 18.5 Å². The first kappa shape index (κ1) is 23.6. The second-order valence-electron chi connectivity index (χ2n) is 7.90. The number of carboxylic acids is 1. The lowest BCUT2D eigenvalue weighted by atomic mass is 9.93. The Balaban J connectivity index is 0.000000339. The maximum Gasteiger partial charge on any atom is 0.490 e. The molecule has 31 heavy (non-hydrogen) atoms. The zero-order valence-corrected chi connectivity index (χ0v) is 17.7. The molecule has 2 aliphatic heterocycles. The van der Waals surface area contributed by atoms with Gasteiger partial charge in [-0.05, 0) is 25.0 Å². The standard InChI is InChI=1S/C18H24N2O3S.C2HF3O2/c21-17(10-22-14-4-1-2-5-14)20-12-18(13-20)8-16(11-24-18)23-15-6-3-7-19-9-15;3-2(4,5)1(6)7/h3,6-7,9,14,16H,1-2,4-5,8,10-13H2;(H,6,7). The lowest BCUT2D eigenvalue weighted by molar-refractivity contribution is -0.192. The Labute approximate surface area is 182 Å². The quantitative estimate of drug-likeness (QED) is 0.719. The molecule has 4 rings (SSSR count). The van der Waals surface area contributed by atoms with E-state index in [1.165, 1.54) is 12.8 Å². The summed E-state index contributed by atoms with van der Waals surface area (Å²) in [6.45, 7) is 1.91. The van der Waals surface area contributed by atoms with E-state index in [4.69, 9.17) is 19.4 Å². The molecule has 3 heterocycles. The van der Waals surface area contributed by atoms with Crippen molar-refractivity contribution >= 4 is 23.6 Å². The first-order valence-corrected chi connectivity index (χ1v) is 11.1. The highest BCUT2D eigenvalue weighted by atomic mass is 32.2. The third-order valence-corrected chi connectivity index (χ3v) is 6.99. The molecule has 0 bridgehead atoms. The second kappa shape index (κ2) is 10.1. The van der Waals surface area contributed by atoms with E-state index < -0.39 is 12.1 Å². The van der Waals surface area contributed by atoms with Crippen LogP contribution in [0.15, 0.2) is 24.5 Å². The molecule has 11 heteroatoms. The number of amides is 1. The van der Waals surface area contributed by atoms with E-state index in [1.807, 2.05) is 28.8 Å². The molecule has 1 aromatic heterocycles. The van der Waals surface area contributed by atoms with Crippen molar-refractivity contribution < 1.29 is 37.3 Å². The van der Waals surface area contributed by atoms with Crippen molar-refractivity contribution in [2.24, 2.45) is 0 Å². The molecule has 0 aromatic carbocycles. The number of hydrogen-bond donors (Lipinski definition) is 1. The van der Waals surface area contributed by atoms with Crippen LogP contribution in [0.1, 0.15) is 32.1 Å². The second-order valence-corrected chi connectivity index (χ2v) is 9.38. The Hall–Kier alpha value is -2.01. The van der Waals surface area contributed by atoms with Gasteiger partial charge in [0.25, 0.3) is 0 Å². The fourth-order valence-corrected chi connectivity index (χ4v) is 5.39. The molecule has 0 radical (unpaired) electrons. The SMILES string of the molecule is O=C(COC1CCCC1)N1CC2(CC(Oc3cccnc3)CS2)C1.O=C(O)C(F)(F)F. The zero-order valence-electron chi connectivity index (χ0n) is 16.8. The number of ether oxygens (including phenoxy) is 2. The van der Waals surface area contributed by atoms with Gasteiger partial charge in [0, 0.05) is 31.5 Å². The molecule has 3 fully saturated rings. The number of carbonyl (C=O) groups excluding carboxylic acids is 1. The molecule has 1 aromatic rings. The molecule has 1 spiro atoms. The van der Waals surface area contributed by atoms with Gasteiger partial charge in [0.05, 0.1) is 17.0 Å². The average Bonchev–Trinajstić information content (AvgIpc) is 3.35. The van der Waals surface area contributed by atoms with Crippen LogP contribution < -0.4 is 4.74 Å². The van der Waals surface area contributed by atoms with Gasteiger partial charge in [0.2, 0.25) is 5.91 Å². The van der Waals surface area contributed by atoms with Crippen molar-refractivity contribution in [3.8, 4) is 5.75 Å². The van der Waals surface area contributed by atoms with E-state index in [9.17, 15) is 18.0 Å². The maximum atomic E-state index is 12.2. The van der Waals surface area contributed by atoms with Gasteiger partial charge in [-0.1, -0.05) is 12.8 Å². The van der Waals surface area contributed by atoms with Crippen LogP contribution in [0.25, 0.3) is 0 Å². The summed E-state index contributed by atoms with van der Waals surface area (Å²) in [5, 5.41) is 7.12. The predicted octanol–water partition coefficient (Wildman–Crippen LogP) is 3.14. The normalized spacial score (nSPS) is 22.5. The summed E-state index contributed by atoms with van der Waals surface area (Å²) in [7, 11) is 0. The Morgan fingerprint density at radius 2 is 1.94 bits per heavy atom. The molecule has 7 nitrogen and oxygen atoms in total. The van der Waals surface area contributed by atoms with Crippen LogP contribution in [0.5, 0.6) is 5.75 Å². The van der Waals surface area contributed by atoms with E-state index in [0.29, 0.717) is 6.10 Å². The highest BCUT2D eigenvalue weighted by Crippen LogP contribution is 2.46. The van der Waals surface area contributed by atoms with Crippen molar-refractivity contribution in [1.82, 2.24) is 9.88 Å². The molecular weight excluding hydrogens is 437 g/mol. The number of aliphatic carboxylic acids is 1. The number of aromatic nitrogens is 1. The topological polar surface area (TPSA) is 89.0 Å². The van der Waals surface area contributed by atoms with Crippen molar-refractivity contribution in [3.63, 3.8) is 0 Å². The van der Waals surface area contributed by atoms with Crippen molar-refractivity contribution in [2.45, 2.75) is 55.2 Å².